The molecule has 3 aromatic rings. The minimum atomic E-state index is -3.72. The van der Waals surface area contributed by atoms with Crippen LogP contribution in [0.3, 0.4) is 0 Å². The van der Waals surface area contributed by atoms with Gasteiger partial charge in [0, 0.05) is 24.8 Å². The molecule has 1 N–H and O–H groups in total. The van der Waals surface area contributed by atoms with Crippen LogP contribution in [0.5, 0.6) is 11.5 Å². The SMILES string of the molecule is COc1cccc(NC(=O)COc2ccc(S(=O)(=O)N3CCc4ccccc4C3)cc2Cl)c1. The maximum Gasteiger partial charge on any atom is 0.262 e. The number of ether oxygens (including phenoxy) is 2. The largest absolute Gasteiger partial charge is 0.497 e. The van der Waals surface area contributed by atoms with Crippen LogP contribution in [-0.4, -0.2) is 38.9 Å². The van der Waals surface area contributed by atoms with Gasteiger partial charge in [-0.05, 0) is 47.9 Å². The number of carbonyl (C=O) groups is 1. The highest BCUT2D eigenvalue weighted by atomic mass is 35.5. The monoisotopic (exact) mass is 486 g/mol. The summed E-state index contributed by atoms with van der Waals surface area (Å²) >= 11 is 6.28. The van der Waals surface area contributed by atoms with Gasteiger partial charge in [0.2, 0.25) is 10.0 Å². The van der Waals surface area contributed by atoms with Crippen LogP contribution in [0.25, 0.3) is 0 Å². The summed E-state index contributed by atoms with van der Waals surface area (Å²) in [6.07, 6.45) is 0.659. The van der Waals surface area contributed by atoms with Crippen LogP contribution < -0.4 is 14.8 Å². The van der Waals surface area contributed by atoms with E-state index in [1.807, 2.05) is 24.3 Å². The number of carbonyl (C=O) groups excluding carboxylic acids is 1. The minimum absolute atomic E-state index is 0.0834. The molecule has 4 rings (SSSR count). The van der Waals surface area contributed by atoms with E-state index in [0.717, 1.165) is 11.1 Å². The maximum atomic E-state index is 13.1. The number of nitrogens with zero attached hydrogens (tertiary/aromatic N) is 1. The van der Waals surface area contributed by atoms with Crippen molar-refractivity contribution in [3.8, 4) is 11.5 Å². The number of amides is 1. The number of methoxy groups -OCH3 is 1. The van der Waals surface area contributed by atoms with Crippen molar-refractivity contribution in [3.05, 3.63) is 82.9 Å². The highest BCUT2D eigenvalue weighted by Crippen LogP contribution is 2.31. The molecule has 9 heteroatoms. The number of hydrogen-bond donors (Lipinski definition) is 1. The molecule has 0 aliphatic carbocycles. The number of anilines is 1. The lowest BCUT2D eigenvalue weighted by Gasteiger charge is -2.28. The lowest BCUT2D eigenvalue weighted by atomic mass is 10.0. The van der Waals surface area contributed by atoms with E-state index in [0.29, 0.717) is 30.9 Å². The Hall–Kier alpha value is -3.07. The van der Waals surface area contributed by atoms with E-state index in [1.165, 1.54) is 22.5 Å². The van der Waals surface area contributed by atoms with Crippen LogP contribution in [0.15, 0.2) is 71.6 Å². The molecule has 1 amide bonds. The fraction of sp³-hybridized carbons (Fsp3) is 0.208. The van der Waals surface area contributed by atoms with Crippen LogP contribution in [0.1, 0.15) is 11.1 Å². The standard InChI is InChI=1S/C24H23ClN2O5S/c1-31-20-8-4-7-19(13-20)26-24(28)16-32-23-10-9-21(14-22(23)25)33(29,30)27-12-11-17-5-2-3-6-18(17)15-27/h2-10,13-14H,11-12,15-16H2,1H3,(H,26,28). The van der Waals surface area contributed by atoms with E-state index in [-0.39, 0.29) is 28.2 Å². The van der Waals surface area contributed by atoms with Crippen LogP contribution in [-0.2, 0) is 27.8 Å². The van der Waals surface area contributed by atoms with E-state index in [2.05, 4.69) is 5.32 Å². The van der Waals surface area contributed by atoms with Gasteiger partial charge in [-0.3, -0.25) is 4.79 Å². The smallest absolute Gasteiger partial charge is 0.262 e. The lowest BCUT2D eigenvalue weighted by Crippen LogP contribution is -2.35. The molecule has 172 valence electrons. The molecule has 0 saturated heterocycles. The van der Waals surface area contributed by atoms with Gasteiger partial charge in [-0.15, -0.1) is 0 Å². The molecule has 33 heavy (non-hydrogen) atoms. The van der Waals surface area contributed by atoms with Crippen LogP contribution in [0.2, 0.25) is 5.02 Å². The summed E-state index contributed by atoms with van der Waals surface area (Å²) in [6, 6.07) is 19.0. The Kier molecular flexibility index (Phi) is 6.88. The van der Waals surface area contributed by atoms with Crippen LogP contribution >= 0.6 is 11.6 Å². The summed E-state index contributed by atoms with van der Waals surface area (Å²) in [4.78, 5) is 12.3. The quantitative estimate of drug-likeness (QED) is 0.543. The topological polar surface area (TPSA) is 84.9 Å². The fourth-order valence-corrected chi connectivity index (χ4v) is 5.37. The van der Waals surface area contributed by atoms with Crippen molar-refractivity contribution in [3.63, 3.8) is 0 Å². The molecule has 1 aliphatic heterocycles. The molecule has 1 heterocycles. The summed E-state index contributed by atoms with van der Waals surface area (Å²) in [5, 5.41) is 2.82. The molecule has 0 spiro atoms. The first-order valence-electron chi connectivity index (χ1n) is 10.3. The van der Waals surface area contributed by atoms with E-state index in [1.54, 1.807) is 31.4 Å². The van der Waals surface area contributed by atoms with Gasteiger partial charge in [-0.25, -0.2) is 8.42 Å². The first-order chi connectivity index (χ1) is 15.9. The van der Waals surface area contributed by atoms with Crippen molar-refractivity contribution in [2.75, 3.05) is 25.6 Å². The van der Waals surface area contributed by atoms with E-state index >= 15 is 0 Å². The fourth-order valence-electron chi connectivity index (χ4n) is 3.62. The summed E-state index contributed by atoms with van der Waals surface area (Å²) in [6.45, 7) is 0.435. The molecule has 0 saturated carbocycles. The normalized spacial score (nSPS) is 13.8. The van der Waals surface area contributed by atoms with Crippen molar-refractivity contribution in [1.29, 1.82) is 0 Å². The van der Waals surface area contributed by atoms with Crippen molar-refractivity contribution in [2.45, 2.75) is 17.9 Å². The molecule has 0 fully saturated rings. The van der Waals surface area contributed by atoms with E-state index < -0.39 is 10.0 Å². The van der Waals surface area contributed by atoms with Gasteiger partial charge in [-0.2, -0.15) is 4.31 Å². The zero-order valence-electron chi connectivity index (χ0n) is 18.0. The third kappa shape index (κ3) is 5.30. The molecular formula is C24H23ClN2O5S. The van der Waals surface area contributed by atoms with Crippen molar-refractivity contribution in [2.24, 2.45) is 0 Å². The Labute approximate surface area is 197 Å². The number of nitrogens with one attached hydrogen (secondary N) is 1. The highest BCUT2D eigenvalue weighted by Gasteiger charge is 2.28. The highest BCUT2D eigenvalue weighted by molar-refractivity contribution is 7.89. The molecule has 0 aromatic heterocycles. The summed E-state index contributed by atoms with van der Waals surface area (Å²) < 4.78 is 38.3. The predicted octanol–water partition coefficient (Wildman–Crippen LogP) is 4.11. The summed E-state index contributed by atoms with van der Waals surface area (Å²) in [5.41, 5.74) is 2.73. The van der Waals surface area contributed by atoms with Crippen LogP contribution in [0.4, 0.5) is 5.69 Å². The van der Waals surface area contributed by atoms with Gasteiger partial charge in [0.25, 0.3) is 5.91 Å². The molecule has 0 atom stereocenters. The van der Waals surface area contributed by atoms with Gasteiger partial charge < -0.3 is 14.8 Å². The minimum Gasteiger partial charge on any atom is -0.497 e. The summed E-state index contributed by atoms with van der Waals surface area (Å²) in [7, 11) is -2.18. The Morgan fingerprint density at radius 1 is 1.06 bits per heavy atom. The van der Waals surface area contributed by atoms with E-state index in [4.69, 9.17) is 21.1 Å². The zero-order chi connectivity index (χ0) is 23.4. The zero-order valence-corrected chi connectivity index (χ0v) is 19.5. The van der Waals surface area contributed by atoms with Crippen LogP contribution in [0, 0.1) is 0 Å². The second-order valence-electron chi connectivity index (χ2n) is 7.52. The average Bonchev–Trinajstić information content (AvgIpc) is 2.83. The van der Waals surface area contributed by atoms with Gasteiger partial charge in [0.15, 0.2) is 6.61 Å². The number of fused-ring (bicyclic) bond motifs is 1. The molecular weight excluding hydrogens is 464 g/mol. The molecule has 0 radical (unpaired) electrons. The average molecular weight is 487 g/mol. The summed E-state index contributed by atoms with van der Waals surface area (Å²) in [5.74, 6) is 0.453. The van der Waals surface area contributed by atoms with Crippen molar-refractivity contribution in [1.82, 2.24) is 4.31 Å². The maximum absolute atomic E-state index is 13.1. The molecule has 1 aliphatic rings. The van der Waals surface area contributed by atoms with Crippen molar-refractivity contribution < 1.29 is 22.7 Å². The number of rotatable bonds is 7. The second-order valence-corrected chi connectivity index (χ2v) is 9.86. The number of sulfonamides is 1. The third-order valence-corrected chi connectivity index (χ3v) is 7.49. The lowest BCUT2D eigenvalue weighted by molar-refractivity contribution is -0.118. The van der Waals surface area contributed by atoms with Crippen molar-refractivity contribution >= 4 is 33.2 Å². The predicted molar refractivity (Wildman–Crippen MR) is 126 cm³/mol. The Balaban J connectivity index is 1.41. The van der Waals surface area contributed by atoms with Gasteiger partial charge in [0.05, 0.1) is 17.0 Å². The molecule has 7 nitrogen and oxygen atoms in total. The van der Waals surface area contributed by atoms with Gasteiger partial charge in [-0.1, -0.05) is 41.9 Å². The van der Waals surface area contributed by atoms with Gasteiger partial charge in [0.1, 0.15) is 11.5 Å². The molecule has 0 unspecified atom stereocenters. The Morgan fingerprint density at radius 2 is 1.85 bits per heavy atom. The molecule has 0 bridgehead atoms. The first-order valence-corrected chi connectivity index (χ1v) is 12.1. The Morgan fingerprint density at radius 3 is 2.61 bits per heavy atom. The first kappa shape index (κ1) is 23.1. The third-order valence-electron chi connectivity index (χ3n) is 5.35. The molecule has 3 aromatic carbocycles. The van der Waals surface area contributed by atoms with Gasteiger partial charge >= 0.3 is 0 Å². The van der Waals surface area contributed by atoms with E-state index in [9.17, 15) is 13.2 Å². The Bertz CT molecular complexity index is 1280. The number of hydrogen-bond acceptors (Lipinski definition) is 5. The number of halogens is 1. The second kappa shape index (κ2) is 9.82. The number of benzene rings is 3.